The van der Waals surface area contributed by atoms with Gasteiger partial charge in [-0.05, 0) is 48.4 Å². The molecule has 0 bridgehead atoms. The molecule has 1 heterocycles. The molecule has 2 aliphatic rings. The minimum atomic E-state index is 0.758. The fourth-order valence-electron chi connectivity index (χ4n) is 3.10. The lowest BCUT2D eigenvalue weighted by Crippen LogP contribution is -2.30. The van der Waals surface area contributed by atoms with Crippen molar-refractivity contribution in [2.45, 2.75) is 31.6 Å². The molecule has 0 saturated heterocycles. The van der Waals surface area contributed by atoms with Crippen LogP contribution >= 0.6 is 11.6 Å². The maximum Gasteiger partial charge on any atom is 0.0410 e. The van der Waals surface area contributed by atoms with Crippen LogP contribution in [0.5, 0.6) is 0 Å². The van der Waals surface area contributed by atoms with Crippen molar-refractivity contribution >= 4 is 17.3 Å². The fraction of sp³-hybridized carbons (Fsp3) is 0.538. The van der Waals surface area contributed by atoms with E-state index in [0.29, 0.717) is 0 Å². The van der Waals surface area contributed by atoms with E-state index in [1.807, 2.05) is 6.07 Å². The van der Waals surface area contributed by atoms with Crippen molar-refractivity contribution in [1.29, 1.82) is 0 Å². The molecule has 15 heavy (non-hydrogen) atoms. The highest BCUT2D eigenvalue weighted by Crippen LogP contribution is 2.44. The average molecular weight is 222 g/mol. The number of anilines is 1. The van der Waals surface area contributed by atoms with Gasteiger partial charge in [-0.3, -0.25) is 0 Å². The SMILES string of the molecule is Clc1ccc2c(c1)C1CCCCC1CN2. The third-order valence-corrected chi connectivity index (χ3v) is 4.11. The van der Waals surface area contributed by atoms with Gasteiger partial charge in [-0.2, -0.15) is 0 Å². The normalized spacial score (nSPS) is 28.9. The minimum absolute atomic E-state index is 0.758. The van der Waals surface area contributed by atoms with Crippen LogP contribution in [0.3, 0.4) is 0 Å². The van der Waals surface area contributed by atoms with E-state index in [1.165, 1.54) is 36.9 Å². The highest BCUT2D eigenvalue weighted by Gasteiger charge is 2.31. The maximum absolute atomic E-state index is 6.08. The van der Waals surface area contributed by atoms with E-state index in [0.717, 1.165) is 23.4 Å². The molecule has 1 aliphatic heterocycles. The molecule has 1 aromatic carbocycles. The first-order valence-corrected chi connectivity index (χ1v) is 6.26. The van der Waals surface area contributed by atoms with Gasteiger partial charge >= 0.3 is 0 Å². The number of nitrogens with one attached hydrogen (secondary N) is 1. The Hall–Kier alpha value is -0.690. The molecule has 0 aromatic heterocycles. The van der Waals surface area contributed by atoms with E-state index in [4.69, 9.17) is 11.6 Å². The van der Waals surface area contributed by atoms with Crippen LogP contribution in [0.4, 0.5) is 5.69 Å². The van der Waals surface area contributed by atoms with Crippen LogP contribution < -0.4 is 5.32 Å². The van der Waals surface area contributed by atoms with Crippen LogP contribution in [0.15, 0.2) is 18.2 Å². The minimum Gasteiger partial charge on any atom is -0.385 e. The van der Waals surface area contributed by atoms with Crippen LogP contribution in [0.25, 0.3) is 0 Å². The third kappa shape index (κ3) is 1.63. The van der Waals surface area contributed by atoms with Gasteiger partial charge in [0.15, 0.2) is 0 Å². The first-order valence-electron chi connectivity index (χ1n) is 5.88. The zero-order valence-electron chi connectivity index (χ0n) is 8.80. The van der Waals surface area contributed by atoms with Crippen molar-refractivity contribution in [1.82, 2.24) is 0 Å². The first kappa shape index (κ1) is 9.53. The predicted octanol–water partition coefficient (Wildman–Crippen LogP) is 4.04. The lowest BCUT2D eigenvalue weighted by Gasteiger charge is -2.37. The molecule has 2 heteroatoms. The second-order valence-electron chi connectivity index (χ2n) is 4.76. The van der Waals surface area contributed by atoms with Crippen LogP contribution in [0.1, 0.15) is 37.2 Å². The van der Waals surface area contributed by atoms with Gasteiger partial charge in [0.25, 0.3) is 0 Å². The van der Waals surface area contributed by atoms with Gasteiger partial charge < -0.3 is 5.32 Å². The molecule has 2 atom stereocenters. The van der Waals surface area contributed by atoms with Gasteiger partial charge in [-0.1, -0.05) is 24.4 Å². The molecule has 1 N–H and O–H groups in total. The predicted molar refractivity (Wildman–Crippen MR) is 64.6 cm³/mol. The molecule has 1 aromatic rings. The summed E-state index contributed by atoms with van der Waals surface area (Å²) in [5.41, 5.74) is 2.76. The van der Waals surface area contributed by atoms with Crippen molar-refractivity contribution in [2.75, 3.05) is 11.9 Å². The molecular weight excluding hydrogens is 206 g/mol. The smallest absolute Gasteiger partial charge is 0.0410 e. The summed E-state index contributed by atoms with van der Waals surface area (Å²) in [6.45, 7) is 1.15. The van der Waals surface area contributed by atoms with E-state index >= 15 is 0 Å². The van der Waals surface area contributed by atoms with Crippen molar-refractivity contribution in [2.24, 2.45) is 5.92 Å². The number of benzene rings is 1. The van der Waals surface area contributed by atoms with E-state index in [1.54, 1.807) is 0 Å². The third-order valence-electron chi connectivity index (χ3n) is 3.88. The Morgan fingerprint density at radius 3 is 3.00 bits per heavy atom. The molecule has 1 nitrogen and oxygen atoms in total. The molecule has 1 saturated carbocycles. The number of hydrogen-bond acceptors (Lipinski definition) is 1. The van der Waals surface area contributed by atoms with Crippen molar-refractivity contribution < 1.29 is 0 Å². The Bertz CT molecular complexity index is 375. The fourth-order valence-corrected chi connectivity index (χ4v) is 3.28. The van der Waals surface area contributed by atoms with E-state index in [-0.39, 0.29) is 0 Å². The average Bonchev–Trinajstić information content (AvgIpc) is 2.29. The zero-order chi connectivity index (χ0) is 10.3. The summed E-state index contributed by atoms with van der Waals surface area (Å²) in [4.78, 5) is 0. The Morgan fingerprint density at radius 2 is 2.07 bits per heavy atom. The molecule has 0 spiro atoms. The number of hydrogen-bond donors (Lipinski definition) is 1. The summed E-state index contributed by atoms with van der Waals surface area (Å²) < 4.78 is 0. The van der Waals surface area contributed by atoms with Gasteiger partial charge in [0.05, 0.1) is 0 Å². The Balaban J connectivity index is 2.01. The molecular formula is C13H16ClN. The second kappa shape index (κ2) is 3.71. The van der Waals surface area contributed by atoms with Gasteiger partial charge in [0.1, 0.15) is 0 Å². The molecule has 80 valence electrons. The van der Waals surface area contributed by atoms with E-state index in [2.05, 4.69) is 17.4 Å². The van der Waals surface area contributed by atoms with Crippen molar-refractivity contribution in [3.05, 3.63) is 28.8 Å². The number of rotatable bonds is 0. The summed E-state index contributed by atoms with van der Waals surface area (Å²) in [5, 5.41) is 4.41. The lowest BCUT2D eigenvalue weighted by molar-refractivity contribution is 0.313. The largest absolute Gasteiger partial charge is 0.385 e. The standard InChI is InChI=1S/C13H16ClN/c14-10-5-6-13-12(7-10)11-4-2-1-3-9(11)8-15-13/h5-7,9,11,15H,1-4,8H2. The summed E-state index contributed by atoms with van der Waals surface area (Å²) in [7, 11) is 0. The topological polar surface area (TPSA) is 12.0 Å². The van der Waals surface area contributed by atoms with Crippen molar-refractivity contribution in [3.8, 4) is 0 Å². The summed E-state index contributed by atoms with van der Waals surface area (Å²) in [6.07, 6.45) is 5.51. The van der Waals surface area contributed by atoms with Crippen LogP contribution in [0, 0.1) is 5.92 Å². The van der Waals surface area contributed by atoms with Gasteiger partial charge in [-0.15, -0.1) is 0 Å². The van der Waals surface area contributed by atoms with Gasteiger partial charge in [0, 0.05) is 17.3 Å². The van der Waals surface area contributed by atoms with E-state index < -0.39 is 0 Å². The van der Waals surface area contributed by atoms with Gasteiger partial charge in [0.2, 0.25) is 0 Å². The maximum atomic E-state index is 6.08. The number of halogens is 1. The highest BCUT2D eigenvalue weighted by molar-refractivity contribution is 6.30. The lowest BCUT2D eigenvalue weighted by atomic mass is 9.73. The second-order valence-corrected chi connectivity index (χ2v) is 5.20. The highest BCUT2D eigenvalue weighted by atomic mass is 35.5. The van der Waals surface area contributed by atoms with Crippen LogP contribution in [0.2, 0.25) is 5.02 Å². The summed E-state index contributed by atoms with van der Waals surface area (Å²) in [6, 6.07) is 6.27. The summed E-state index contributed by atoms with van der Waals surface area (Å²) in [5.74, 6) is 1.60. The summed E-state index contributed by atoms with van der Waals surface area (Å²) >= 11 is 6.08. The van der Waals surface area contributed by atoms with Gasteiger partial charge in [-0.25, -0.2) is 0 Å². The van der Waals surface area contributed by atoms with Crippen LogP contribution in [-0.4, -0.2) is 6.54 Å². The molecule has 0 radical (unpaired) electrons. The number of fused-ring (bicyclic) bond motifs is 3. The monoisotopic (exact) mass is 221 g/mol. The van der Waals surface area contributed by atoms with Crippen molar-refractivity contribution in [3.63, 3.8) is 0 Å². The Kier molecular flexibility index (Phi) is 2.36. The van der Waals surface area contributed by atoms with E-state index in [9.17, 15) is 0 Å². The molecule has 1 aliphatic carbocycles. The molecule has 3 rings (SSSR count). The zero-order valence-corrected chi connectivity index (χ0v) is 9.56. The first-order chi connectivity index (χ1) is 7.34. The molecule has 1 fully saturated rings. The Labute approximate surface area is 95.8 Å². The van der Waals surface area contributed by atoms with Crippen LogP contribution in [-0.2, 0) is 0 Å². The molecule has 0 amide bonds. The molecule has 2 unspecified atom stereocenters. The Morgan fingerprint density at radius 1 is 1.20 bits per heavy atom. The quantitative estimate of drug-likeness (QED) is 0.697.